The molecule has 78 valence electrons. The molecule has 4 nitrogen and oxygen atoms in total. The fourth-order valence-electron chi connectivity index (χ4n) is 1.23. The van der Waals surface area contributed by atoms with Crippen LogP contribution in [0.2, 0.25) is 0 Å². The highest BCUT2D eigenvalue weighted by atomic mass is 32.1. The van der Waals surface area contributed by atoms with Crippen molar-refractivity contribution in [3.8, 4) is 10.7 Å². The lowest BCUT2D eigenvalue weighted by atomic mass is 10.3. The highest BCUT2D eigenvalue weighted by Crippen LogP contribution is 2.19. The van der Waals surface area contributed by atoms with E-state index in [4.69, 9.17) is 4.74 Å². The van der Waals surface area contributed by atoms with E-state index in [1.165, 1.54) is 11.5 Å². The Hall–Kier alpha value is -1.33. The Balaban J connectivity index is 2.32. The molecule has 5 heteroatoms. The van der Waals surface area contributed by atoms with E-state index in [-0.39, 0.29) is 0 Å². The van der Waals surface area contributed by atoms with Crippen LogP contribution in [-0.2, 0) is 11.3 Å². The first-order valence-corrected chi connectivity index (χ1v) is 5.32. The summed E-state index contributed by atoms with van der Waals surface area (Å²) in [7, 11) is 1.66. The zero-order chi connectivity index (χ0) is 10.7. The van der Waals surface area contributed by atoms with Crippen LogP contribution in [0.3, 0.4) is 0 Å². The molecule has 0 bridgehead atoms. The summed E-state index contributed by atoms with van der Waals surface area (Å²) >= 11 is 1.37. The molecule has 0 radical (unpaired) electrons. The van der Waals surface area contributed by atoms with Crippen molar-refractivity contribution in [2.24, 2.45) is 0 Å². The molecule has 15 heavy (non-hydrogen) atoms. The number of rotatable bonds is 3. The van der Waals surface area contributed by atoms with Gasteiger partial charge in [0.25, 0.3) is 0 Å². The number of nitrogens with zero attached hydrogens (tertiary/aromatic N) is 3. The maximum atomic E-state index is 5.03. The third-order valence-electron chi connectivity index (χ3n) is 1.85. The molecule has 0 N–H and O–H groups in total. The number of hydrogen-bond donors (Lipinski definition) is 0. The van der Waals surface area contributed by atoms with E-state index in [0.717, 1.165) is 22.2 Å². The summed E-state index contributed by atoms with van der Waals surface area (Å²) in [5.74, 6) is 0.786. The predicted octanol–water partition coefficient (Wildman–Crippen LogP) is 2.05. The van der Waals surface area contributed by atoms with Crippen LogP contribution in [0, 0.1) is 6.92 Å². The summed E-state index contributed by atoms with van der Waals surface area (Å²) in [4.78, 5) is 8.72. The van der Waals surface area contributed by atoms with Crippen LogP contribution < -0.4 is 0 Å². The lowest BCUT2D eigenvalue weighted by molar-refractivity contribution is 0.181. The minimum atomic E-state index is 0.519. The van der Waals surface area contributed by atoms with Crippen LogP contribution in [0.1, 0.15) is 11.5 Å². The zero-order valence-corrected chi connectivity index (χ0v) is 9.41. The summed E-state index contributed by atoms with van der Waals surface area (Å²) in [5, 5.41) is 0.852. The molecule has 0 unspecified atom stereocenters. The second-order valence-electron chi connectivity index (χ2n) is 3.09. The minimum absolute atomic E-state index is 0.519. The average molecular weight is 221 g/mol. The van der Waals surface area contributed by atoms with E-state index in [9.17, 15) is 0 Å². The maximum absolute atomic E-state index is 5.03. The van der Waals surface area contributed by atoms with Crippen LogP contribution in [0.4, 0.5) is 0 Å². The zero-order valence-electron chi connectivity index (χ0n) is 8.60. The first kappa shape index (κ1) is 10.2. The molecule has 0 fully saturated rings. The van der Waals surface area contributed by atoms with Crippen LogP contribution in [0.5, 0.6) is 0 Å². The Morgan fingerprint density at radius 3 is 2.87 bits per heavy atom. The predicted molar refractivity (Wildman–Crippen MR) is 58.6 cm³/mol. The van der Waals surface area contributed by atoms with Crippen molar-refractivity contribution in [3.63, 3.8) is 0 Å². The van der Waals surface area contributed by atoms with Gasteiger partial charge in [-0.2, -0.15) is 4.37 Å². The summed E-state index contributed by atoms with van der Waals surface area (Å²) in [6.07, 6.45) is 0. The second kappa shape index (κ2) is 4.46. The Labute approximate surface area is 92.1 Å². The van der Waals surface area contributed by atoms with Gasteiger partial charge in [0, 0.05) is 7.11 Å². The molecule has 0 spiro atoms. The summed E-state index contributed by atoms with van der Waals surface area (Å²) in [6, 6.07) is 5.81. The van der Waals surface area contributed by atoms with E-state index in [2.05, 4.69) is 14.3 Å². The van der Waals surface area contributed by atoms with Gasteiger partial charge in [0.05, 0.1) is 12.3 Å². The standard InChI is InChI=1S/C10H11N3OS/c1-7-11-10(15-13-7)9-5-3-4-8(12-9)6-14-2/h3-5H,6H2,1-2H3. The van der Waals surface area contributed by atoms with Gasteiger partial charge in [-0.1, -0.05) is 6.07 Å². The number of hydrogen-bond acceptors (Lipinski definition) is 5. The minimum Gasteiger partial charge on any atom is -0.378 e. The molecule has 2 heterocycles. The molecule has 0 aliphatic rings. The monoisotopic (exact) mass is 221 g/mol. The van der Waals surface area contributed by atoms with Crippen molar-refractivity contribution in [2.75, 3.05) is 7.11 Å². The second-order valence-corrected chi connectivity index (χ2v) is 3.85. The Morgan fingerprint density at radius 1 is 1.33 bits per heavy atom. The molecule has 0 saturated heterocycles. The Kier molecular flexibility index (Phi) is 3.03. The SMILES string of the molecule is COCc1cccc(-c2nc(C)ns2)n1. The van der Waals surface area contributed by atoms with Gasteiger partial charge in [-0.05, 0) is 30.6 Å². The van der Waals surface area contributed by atoms with E-state index >= 15 is 0 Å². The van der Waals surface area contributed by atoms with Gasteiger partial charge in [-0.15, -0.1) is 0 Å². The van der Waals surface area contributed by atoms with Crippen LogP contribution in [0.25, 0.3) is 10.7 Å². The van der Waals surface area contributed by atoms with Gasteiger partial charge in [0.15, 0.2) is 5.01 Å². The Bertz CT molecular complexity index is 455. The average Bonchev–Trinajstić information content (AvgIpc) is 2.66. The Morgan fingerprint density at radius 2 is 2.20 bits per heavy atom. The number of pyridine rings is 1. The van der Waals surface area contributed by atoms with Crippen molar-refractivity contribution >= 4 is 11.5 Å². The topological polar surface area (TPSA) is 47.9 Å². The van der Waals surface area contributed by atoms with Crippen molar-refractivity contribution in [1.82, 2.24) is 14.3 Å². The van der Waals surface area contributed by atoms with Crippen molar-refractivity contribution < 1.29 is 4.74 Å². The number of aromatic nitrogens is 3. The van der Waals surface area contributed by atoms with Crippen LogP contribution >= 0.6 is 11.5 Å². The molecular formula is C10H11N3OS. The number of aryl methyl sites for hydroxylation is 1. The summed E-state index contributed by atoms with van der Waals surface area (Å²) in [5.41, 5.74) is 1.76. The molecular weight excluding hydrogens is 210 g/mol. The number of ether oxygens (including phenoxy) is 1. The van der Waals surface area contributed by atoms with Crippen molar-refractivity contribution in [3.05, 3.63) is 29.7 Å². The van der Waals surface area contributed by atoms with Gasteiger partial charge >= 0.3 is 0 Å². The molecule has 0 aliphatic carbocycles. The fourth-order valence-corrected chi connectivity index (χ4v) is 1.87. The fraction of sp³-hybridized carbons (Fsp3) is 0.300. The van der Waals surface area contributed by atoms with E-state index in [1.54, 1.807) is 7.11 Å². The highest BCUT2D eigenvalue weighted by Gasteiger charge is 2.05. The van der Waals surface area contributed by atoms with Gasteiger partial charge in [0.1, 0.15) is 11.5 Å². The molecule has 0 atom stereocenters. The van der Waals surface area contributed by atoms with E-state index in [1.807, 2.05) is 25.1 Å². The van der Waals surface area contributed by atoms with Gasteiger partial charge in [0.2, 0.25) is 0 Å². The van der Waals surface area contributed by atoms with Crippen molar-refractivity contribution in [2.45, 2.75) is 13.5 Å². The molecule has 0 aliphatic heterocycles. The lowest BCUT2D eigenvalue weighted by Crippen LogP contribution is -1.93. The van der Waals surface area contributed by atoms with E-state index in [0.29, 0.717) is 6.61 Å². The maximum Gasteiger partial charge on any atom is 0.162 e. The third kappa shape index (κ3) is 2.37. The molecule has 0 amide bonds. The first-order chi connectivity index (χ1) is 7.29. The largest absolute Gasteiger partial charge is 0.378 e. The quantitative estimate of drug-likeness (QED) is 0.796. The highest BCUT2D eigenvalue weighted by molar-refractivity contribution is 7.09. The number of methoxy groups -OCH3 is 1. The summed E-state index contributed by atoms with van der Waals surface area (Å²) < 4.78 is 9.16. The van der Waals surface area contributed by atoms with Gasteiger partial charge in [-0.3, -0.25) is 0 Å². The van der Waals surface area contributed by atoms with Crippen LogP contribution in [0.15, 0.2) is 18.2 Å². The summed E-state index contributed by atoms with van der Waals surface area (Å²) in [6.45, 7) is 2.39. The van der Waals surface area contributed by atoms with E-state index < -0.39 is 0 Å². The smallest absolute Gasteiger partial charge is 0.162 e. The molecule has 2 rings (SSSR count). The third-order valence-corrected chi connectivity index (χ3v) is 2.67. The van der Waals surface area contributed by atoms with Crippen LogP contribution in [-0.4, -0.2) is 21.5 Å². The normalized spacial score (nSPS) is 10.5. The van der Waals surface area contributed by atoms with Crippen molar-refractivity contribution in [1.29, 1.82) is 0 Å². The molecule has 0 aromatic carbocycles. The molecule has 2 aromatic rings. The molecule has 2 aromatic heterocycles. The van der Waals surface area contributed by atoms with Gasteiger partial charge in [-0.25, -0.2) is 9.97 Å². The lowest BCUT2D eigenvalue weighted by Gasteiger charge is -2.00. The molecule has 0 saturated carbocycles. The van der Waals surface area contributed by atoms with Gasteiger partial charge < -0.3 is 4.74 Å². The first-order valence-electron chi connectivity index (χ1n) is 4.55.